The van der Waals surface area contributed by atoms with Crippen molar-refractivity contribution in [3.05, 3.63) is 101 Å². The molecule has 0 fully saturated rings. The van der Waals surface area contributed by atoms with Crippen LogP contribution in [0.1, 0.15) is 29.8 Å². The molecule has 3 aromatic carbocycles. The first-order valence-electron chi connectivity index (χ1n) is 14.3. The summed E-state index contributed by atoms with van der Waals surface area (Å²) in [5.41, 5.74) is 3.92. The predicted molar refractivity (Wildman–Crippen MR) is 171 cm³/mol. The molecule has 10 heteroatoms. The fourth-order valence-electron chi connectivity index (χ4n) is 5.27. The summed E-state index contributed by atoms with van der Waals surface area (Å²) in [7, 11) is -1.86. The number of sulfonamides is 1. The number of amides is 1. The summed E-state index contributed by atoms with van der Waals surface area (Å²) in [5.74, 6) is -0.234. The number of carbonyl (C=O) groups is 1. The van der Waals surface area contributed by atoms with Crippen molar-refractivity contribution in [2.75, 3.05) is 31.5 Å². The molecular weight excluding hydrogens is 583 g/mol. The van der Waals surface area contributed by atoms with Crippen molar-refractivity contribution >= 4 is 33.0 Å². The Kier molecular flexibility index (Phi) is 9.51. The monoisotopic (exact) mass is 619 g/mol. The normalized spacial score (nSPS) is 18.0. The van der Waals surface area contributed by atoms with Gasteiger partial charge in [0.25, 0.3) is 15.9 Å². The van der Waals surface area contributed by atoms with Crippen LogP contribution in [0.5, 0.6) is 5.75 Å². The van der Waals surface area contributed by atoms with E-state index in [1.165, 1.54) is 11.6 Å². The van der Waals surface area contributed by atoms with Gasteiger partial charge in [0.15, 0.2) is 5.75 Å². The highest BCUT2D eigenvalue weighted by Crippen LogP contribution is 2.36. The molecule has 0 bridgehead atoms. The molecule has 0 spiro atoms. The van der Waals surface area contributed by atoms with Gasteiger partial charge >= 0.3 is 0 Å². The highest BCUT2D eigenvalue weighted by molar-refractivity contribution is 7.94. The summed E-state index contributed by atoms with van der Waals surface area (Å²) in [6.07, 6.45) is -0.374. The third-order valence-electron chi connectivity index (χ3n) is 7.70. The number of anilines is 1. The smallest absolute Gasteiger partial charge is 0.271 e. The molecule has 5 rings (SSSR count). The van der Waals surface area contributed by atoms with Crippen molar-refractivity contribution in [3.63, 3.8) is 0 Å². The van der Waals surface area contributed by atoms with Crippen LogP contribution in [0, 0.1) is 5.92 Å². The quantitative estimate of drug-likeness (QED) is 0.241. The summed E-state index contributed by atoms with van der Waals surface area (Å²) in [6, 6.07) is 26.4. The topological polar surface area (TPSA) is 99.2 Å². The molecule has 0 unspecified atom stereocenters. The van der Waals surface area contributed by atoms with E-state index in [4.69, 9.17) is 4.74 Å². The van der Waals surface area contributed by atoms with Crippen LogP contribution < -0.4 is 9.46 Å². The first kappa shape index (κ1) is 30.7. The average molecular weight is 620 g/mol. The maximum atomic E-state index is 13.7. The van der Waals surface area contributed by atoms with Gasteiger partial charge in [-0.25, -0.2) is 8.42 Å². The Morgan fingerprint density at radius 3 is 2.42 bits per heavy atom. The van der Waals surface area contributed by atoms with Crippen molar-refractivity contribution in [1.82, 2.24) is 9.80 Å². The predicted octanol–water partition coefficient (Wildman–Crippen LogP) is 5.57. The molecule has 1 aliphatic rings. The van der Waals surface area contributed by atoms with Gasteiger partial charge in [-0.2, -0.15) is 0 Å². The number of likely N-dealkylation sites (N-methyl/N-ethyl adjacent to an activating group) is 1. The van der Waals surface area contributed by atoms with Crippen molar-refractivity contribution in [2.45, 2.75) is 36.7 Å². The van der Waals surface area contributed by atoms with Crippen molar-refractivity contribution in [2.24, 2.45) is 5.92 Å². The molecule has 8 nitrogen and oxygen atoms in total. The lowest BCUT2D eigenvalue weighted by atomic mass is 9.98. The number of nitrogens with one attached hydrogen (secondary N) is 1. The van der Waals surface area contributed by atoms with E-state index >= 15 is 0 Å². The standard InChI is InChI=1S/C33H37N3O5S2/c1-23-19-36(24(2)22-37)33(38)28-11-7-12-29(34-43(39,40)31-13-8-18-42-31)32(28)41-30(23)21-35(3)20-25-14-16-27(17-15-25)26-9-5-4-6-10-26/h4-18,23-24,30,34,37H,19-22H2,1-3H3/t23-,24-,30+/m0/s1. The minimum Gasteiger partial charge on any atom is -0.486 e. The number of aliphatic hydroxyl groups is 1. The Labute approximate surface area is 257 Å². The van der Waals surface area contributed by atoms with Crippen LogP contribution in [0.2, 0.25) is 0 Å². The molecular formula is C33H37N3O5S2. The molecule has 226 valence electrons. The molecule has 0 saturated heterocycles. The zero-order valence-corrected chi connectivity index (χ0v) is 26.1. The Bertz CT molecular complexity index is 1630. The minimum absolute atomic E-state index is 0.115. The lowest BCUT2D eigenvalue weighted by Gasteiger charge is -2.38. The number of aliphatic hydroxyl groups excluding tert-OH is 1. The maximum Gasteiger partial charge on any atom is 0.271 e. The number of fused-ring (bicyclic) bond motifs is 1. The zero-order valence-electron chi connectivity index (χ0n) is 24.5. The van der Waals surface area contributed by atoms with Gasteiger partial charge in [-0.1, -0.05) is 73.7 Å². The van der Waals surface area contributed by atoms with E-state index < -0.39 is 16.1 Å². The molecule has 43 heavy (non-hydrogen) atoms. The van der Waals surface area contributed by atoms with Crippen LogP contribution in [0.15, 0.2) is 94.5 Å². The number of benzene rings is 3. The number of hydrogen-bond donors (Lipinski definition) is 2. The van der Waals surface area contributed by atoms with Crippen LogP contribution in [0.4, 0.5) is 5.69 Å². The summed E-state index contributed by atoms with van der Waals surface area (Å²) >= 11 is 1.11. The molecule has 3 atom stereocenters. The Balaban J connectivity index is 1.41. The molecule has 1 aliphatic heterocycles. The molecule has 4 aromatic rings. The third-order valence-corrected chi connectivity index (χ3v) is 10.5. The third kappa shape index (κ3) is 7.10. The van der Waals surface area contributed by atoms with Gasteiger partial charge in [-0.3, -0.25) is 14.4 Å². The summed E-state index contributed by atoms with van der Waals surface area (Å²) in [5, 5.41) is 11.7. The minimum atomic E-state index is -3.88. The van der Waals surface area contributed by atoms with E-state index in [2.05, 4.69) is 46.0 Å². The maximum absolute atomic E-state index is 13.7. The molecule has 2 N–H and O–H groups in total. The summed E-state index contributed by atoms with van der Waals surface area (Å²) in [4.78, 5) is 17.5. The van der Waals surface area contributed by atoms with Crippen LogP contribution in [-0.4, -0.2) is 68.1 Å². The fraction of sp³-hybridized carbons (Fsp3) is 0.303. The van der Waals surface area contributed by atoms with Gasteiger partial charge in [0, 0.05) is 25.6 Å². The number of para-hydroxylation sites is 1. The van der Waals surface area contributed by atoms with Crippen LogP contribution >= 0.6 is 11.3 Å². The van der Waals surface area contributed by atoms with Gasteiger partial charge in [0.1, 0.15) is 10.3 Å². The number of ether oxygens (including phenoxy) is 1. The van der Waals surface area contributed by atoms with Crippen LogP contribution in [0.3, 0.4) is 0 Å². The Morgan fingerprint density at radius 2 is 1.74 bits per heavy atom. The van der Waals surface area contributed by atoms with Gasteiger partial charge < -0.3 is 14.7 Å². The van der Waals surface area contributed by atoms with E-state index in [9.17, 15) is 18.3 Å². The van der Waals surface area contributed by atoms with E-state index in [1.54, 1.807) is 41.5 Å². The highest BCUT2D eigenvalue weighted by Gasteiger charge is 2.35. The first-order chi connectivity index (χ1) is 20.7. The second kappa shape index (κ2) is 13.3. The SMILES string of the molecule is C[C@H]1CN([C@@H](C)CO)C(=O)c2cccc(NS(=O)(=O)c3cccs3)c2O[C@@H]1CN(C)Cc1ccc(-c2ccccc2)cc1. The fourth-order valence-corrected chi connectivity index (χ4v) is 7.33. The van der Waals surface area contributed by atoms with Gasteiger partial charge in [0.2, 0.25) is 0 Å². The van der Waals surface area contributed by atoms with E-state index in [1.807, 2.05) is 32.2 Å². The second-order valence-corrected chi connectivity index (χ2v) is 14.0. The lowest BCUT2D eigenvalue weighted by Crippen LogP contribution is -2.49. The first-order valence-corrected chi connectivity index (χ1v) is 16.6. The van der Waals surface area contributed by atoms with Crippen LogP contribution in [0.25, 0.3) is 11.1 Å². The lowest BCUT2D eigenvalue weighted by molar-refractivity contribution is 0.0344. The molecule has 0 aliphatic carbocycles. The average Bonchev–Trinajstić information content (AvgIpc) is 3.56. The summed E-state index contributed by atoms with van der Waals surface area (Å²) < 4.78 is 35.7. The van der Waals surface area contributed by atoms with E-state index in [0.717, 1.165) is 22.5 Å². The number of nitrogens with zero attached hydrogens (tertiary/aromatic N) is 2. The number of thiophene rings is 1. The van der Waals surface area contributed by atoms with Gasteiger partial charge in [-0.15, -0.1) is 11.3 Å². The summed E-state index contributed by atoms with van der Waals surface area (Å²) in [6.45, 7) is 5.22. The van der Waals surface area contributed by atoms with Crippen molar-refractivity contribution in [1.29, 1.82) is 0 Å². The molecule has 0 radical (unpaired) electrons. The molecule has 2 heterocycles. The van der Waals surface area contributed by atoms with Crippen molar-refractivity contribution < 1.29 is 23.1 Å². The van der Waals surface area contributed by atoms with Gasteiger partial charge in [-0.05, 0) is 54.2 Å². The van der Waals surface area contributed by atoms with E-state index in [-0.39, 0.29) is 45.7 Å². The molecule has 0 saturated carbocycles. The van der Waals surface area contributed by atoms with E-state index in [0.29, 0.717) is 19.6 Å². The molecule has 1 aromatic heterocycles. The van der Waals surface area contributed by atoms with Crippen molar-refractivity contribution in [3.8, 4) is 16.9 Å². The second-order valence-electron chi connectivity index (χ2n) is 11.1. The zero-order chi connectivity index (χ0) is 30.6. The highest BCUT2D eigenvalue weighted by atomic mass is 32.2. The largest absolute Gasteiger partial charge is 0.486 e. The van der Waals surface area contributed by atoms with Crippen LogP contribution in [-0.2, 0) is 16.6 Å². The number of rotatable bonds is 10. The Hall–Kier alpha value is -3.70. The number of hydrogen-bond acceptors (Lipinski definition) is 7. The molecule has 1 amide bonds. The Morgan fingerprint density at radius 1 is 1.02 bits per heavy atom. The van der Waals surface area contributed by atoms with Gasteiger partial charge in [0.05, 0.1) is 23.9 Å². The number of carbonyl (C=O) groups excluding carboxylic acids is 1.